The Morgan fingerprint density at radius 3 is 2.73 bits per heavy atom. The highest BCUT2D eigenvalue weighted by Gasteiger charge is 2.25. The van der Waals surface area contributed by atoms with Crippen molar-refractivity contribution in [2.45, 2.75) is 25.3 Å². The van der Waals surface area contributed by atoms with Gasteiger partial charge in [-0.3, -0.25) is 14.2 Å². The molecule has 1 aliphatic rings. The summed E-state index contributed by atoms with van der Waals surface area (Å²) in [5, 5.41) is 1.73. The van der Waals surface area contributed by atoms with Crippen molar-refractivity contribution in [2.75, 3.05) is 13.1 Å². The molecule has 1 fully saturated rings. The second kappa shape index (κ2) is 7.72. The van der Waals surface area contributed by atoms with Crippen LogP contribution >= 0.6 is 15.9 Å². The summed E-state index contributed by atoms with van der Waals surface area (Å²) in [5.74, 6) is 0.382. The molecule has 7 heteroatoms. The van der Waals surface area contributed by atoms with E-state index in [1.807, 2.05) is 23.1 Å². The van der Waals surface area contributed by atoms with Crippen LogP contribution in [0.1, 0.15) is 24.5 Å². The van der Waals surface area contributed by atoms with Gasteiger partial charge in [-0.2, -0.15) is 0 Å². The molecule has 5 rings (SSSR count). The molecule has 0 aliphatic carbocycles. The monoisotopic (exact) mass is 464 g/mol. The fraction of sp³-hybridized carbons (Fsp3) is 0.261. The van der Waals surface area contributed by atoms with E-state index in [0.29, 0.717) is 29.9 Å². The van der Waals surface area contributed by atoms with Gasteiger partial charge < -0.3 is 9.88 Å². The van der Waals surface area contributed by atoms with E-state index < -0.39 is 0 Å². The molecule has 0 unspecified atom stereocenters. The van der Waals surface area contributed by atoms with Gasteiger partial charge in [-0.05, 0) is 48.6 Å². The minimum absolute atomic E-state index is 0.0192. The molecule has 0 bridgehead atoms. The molecule has 4 aromatic rings. The van der Waals surface area contributed by atoms with Crippen LogP contribution in [0.5, 0.6) is 0 Å². The topological polar surface area (TPSA) is 71.0 Å². The highest BCUT2D eigenvalue weighted by molar-refractivity contribution is 9.10. The molecule has 152 valence electrons. The van der Waals surface area contributed by atoms with Crippen LogP contribution in [0.4, 0.5) is 0 Å². The van der Waals surface area contributed by atoms with E-state index in [4.69, 9.17) is 0 Å². The van der Waals surface area contributed by atoms with Crippen LogP contribution in [0, 0.1) is 0 Å². The quantitative estimate of drug-likeness (QED) is 0.497. The molecule has 0 spiro atoms. The predicted molar refractivity (Wildman–Crippen MR) is 121 cm³/mol. The van der Waals surface area contributed by atoms with Gasteiger partial charge >= 0.3 is 0 Å². The number of hydrogen-bond donors (Lipinski definition) is 1. The van der Waals surface area contributed by atoms with E-state index in [-0.39, 0.29) is 18.0 Å². The number of aromatic amines is 1. The molecular formula is C23H21BrN4O2. The number of carbonyl (C=O) groups is 1. The van der Waals surface area contributed by atoms with E-state index in [1.165, 1.54) is 22.0 Å². The third kappa shape index (κ3) is 3.54. The van der Waals surface area contributed by atoms with E-state index >= 15 is 0 Å². The number of aromatic nitrogens is 3. The van der Waals surface area contributed by atoms with Crippen molar-refractivity contribution in [3.8, 4) is 0 Å². The van der Waals surface area contributed by atoms with Gasteiger partial charge in [0.2, 0.25) is 5.91 Å². The number of nitrogens with zero attached hydrogens (tertiary/aromatic N) is 3. The molecule has 1 saturated heterocycles. The zero-order valence-electron chi connectivity index (χ0n) is 16.3. The summed E-state index contributed by atoms with van der Waals surface area (Å²) in [4.78, 5) is 35.3. The lowest BCUT2D eigenvalue weighted by Gasteiger charge is -2.31. The number of halogens is 1. The van der Waals surface area contributed by atoms with Crippen LogP contribution < -0.4 is 5.56 Å². The Hall–Kier alpha value is -2.93. The van der Waals surface area contributed by atoms with Gasteiger partial charge in [-0.25, -0.2) is 4.98 Å². The van der Waals surface area contributed by atoms with Crippen molar-refractivity contribution in [2.24, 2.45) is 0 Å². The highest BCUT2D eigenvalue weighted by Crippen LogP contribution is 2.30. The molecule has 6 nitrogen and oxygen atoms in total. The second-order valence-corrected chi connectivity index (χ2v) is 8.72. The lowest BCUT2D eigenvalue weighted by Crippen LogP contribution is -2.41. The van der Waals surface area contributed by atoms with E-state index in [2.05, 4.69) is 44.1 Å². The van der Waals surface area contributed by atoms with Crippen LogP contribution in [0.2, 0.25) is 0 Å². The maximum absolute atomic E-state index is 12.8. The molecule has 1 amide bonds. The summed E-state index contributed by atoms with van der Waals surface area (Å²) in [6.45, 7) is 1.41. The van der Waals surface area contributed by atoms with E-state index in [0.717, 1.165) is 22.8 Å². The molecule has 2 aromatic carbocycles. The van der Waals surface area contributed by atoms with Crippen LogP contribution in [0.15, 0.2) is 64.1 Å². The number of carbonyl (C=O) groups excluding carboxylic acids is 1. The lowest BCUT2D eigenvalue weighted by molar-refractivity contribution is -0.133. The number of hydrogen-bond acceptors (Lipinski definition) is 3. The fourth-order valence-corrected chi connectivity index (χ4v) is 4.61. The third-order valence-corrected chi connectivity index (χ3v) is 6.42. The number of H-pyrrole nitrogens is 1. The van der Waals surface area contributed by atoms with Crippen molar-refractivity contribution >= 4 is 43.6 Å². The Labute approximate surface area is 181 Å². The molecule has 30 heavy (non-hydrogen) atoms. The van der Waals surface area contributed by atoms with E-state index in [9.17, 15) is 9.59 Å². The Kier molecular flexibility index (Phi) is 4.90. The third-order valence-electron chi connectivity index (χ3n) is 5.93. The standard InChI is InChI=1S/C23H21BrN4O2/c24-17-5-6-20-18(12-17)23(30)28(14-25-20)13-22(29)27-9-7-15(8-10-27)21-11-16-3-1-2-4-19(16)26-21/h1-6,11-12,14-15,26H,7-10,13H2. The first-order chi connectivity index (χ1) is 14.6. The Morgan fingerprint density at radius 2 is 1.93 bits per heavy atom. The number of fused-ring (bicyclic) bond motifs is 2. The number of para-hydroxylation sites is 1. The Balaban J connectivity index is 1.27. The van der Waals surface area contributed by atoms with Crippen LogP contribution in [-0.4, -0.2) is 38.4 Å². The van der Waals surface area contributed by atoms with Gasteiger partial charge in [0.1, 0.15) is 6.54 Å². The summed E-state index contributed by atoms with van der Waals surface area (Å²) in [5.41, 5.74) is 2.83. The maximum Gasteiger partial charge on any atom is 0.261 e. The lowest BCUT2D eigenvalue weighted by atomic mass is 9.93. The number of amides is 1. The number of likely N-dealkylation sites (tertiary alicyclic amines) is 1. The van der Waals surface area contributed by atoms with Crippen molar-refractivity contribution in [1.29, 1.82) is 0 Å². The van der Waals surface area contributed by atoms with Crippen molar-refractivity contribution < 1.29 is 4.79 Å². The molecule has 1 N–H and O–H groups in total. The maximum atomic E-state index is 12.8. The molecule has 2 aromatic heterocycles. The highest BCUT2D eigenvalue weighted by atomic mass is 79.9. The summed E-state index contributed by atoms with van der Waals surface area (Å²) >= 11 is 3.39. The van der Waals surface area contributed by atoms with Gasteiger partial charge in [0.15, 0.2) is 0 Å². The molecule has 1 aliphatic heterocycles. The first kappa shape index (κ1) is 19.1. The summed E-state index contributed by atoms with van der Waals surface area (Å²) in [6, 6.07) is 15.9. The van der Waals surface area contributed by atoms with Crippen molar-refractivity contribution in [3.63, 3.8) is 0 Å². The molecule has 0 radical (unpaired) electrons. The van der Waals surface area contributed by atoms with Gasteiger partial charge in [0.05, 0.1) is 17.2 Å². The molecule has 0 saturated carbocycles. The average molecular weight is 465 g/mol. The number of nitrogens with one attached hydrogen (secondary N) is 1. The normalized spacial score (nSPS) is 15.2. The predicted octanol–water partition coefficient (Wildman–Crippen LogP) is 4.05. The number of benzene rings is 2. The van der Waals surface area contributed by atoms with Crippen LogP contribution in [0.3, 0.4) is 0 Å². The zero-order chi connectivity index (χ0) is 20.7. The Bertz CT molecular complexity index is 1270. The fourth-order valence-electron chi connectivity index (χ4n) is 4.25. The van der Waals surface area contributed by atoms with Crippen molar-refractivity contribution in [3.05, 3.63) is 75.4 Å². The molecule has 3 heterocycles. The van der Waals surface area contributed by atoms with Gasteiger partial charge in [-0.1, -0.05) is 34.1 Å². The smallest absolute Gasteiger partial charge is 0.261 e. The minimum Gasteiger partial charge on any atom is -0.358 e. The Morgan fingerprint density at radius 1 is 1.13 bits per heavy atom. The summed E-state index contributed by atoms with van der Waals surface area (Å²) in [6.07, 6.45) is 3.29. The van der Waals surface area contributed by atoms with Gasteiger partial charge in [0.25, 0.3) is 5.56 Å². The number of rotatable bonds is 3. The number of piperidine rings is 1. The first-order valence-corrected chi connectivity index (χ1v) is 10.9. The van der Waals surface area contributed by atoms with Crippen LogP contribution in [-0.2, 0) is 11.3 Å². The SMILES string of the molecule is O=C(Cn1cnc2ccc(Br)cc2c1=O)N1CCC(c2cc3ccccc3[nH]2)CC1. The largest absolute Gasteiger partial charge is 0.358 e. The van der Waals surface area contributed by atoms with Gasteiger partial charge in [0, 0.05) is 34.7 Å². The minimum atomic E-state index is -0.192. The van der Waals surface area contributed by atoms with Crippen LogP contribution in [0.25, 0.3) is 21.8 Å². The van der Waals surface area contributed by atoms with Gasteiger partial charge in [-0.15, -0.1) is 0 Å². The first-order valence-electron chi connectivity index (χ1n) is 10.1. The second-order valence-electron chi connectivity index (χ2n) is 7.81. The van der Waals surface area contributed by atoms with Crippen molar-refractivity contribution in [1.82, 2.24) is 19.4 Å². The van der Waals surface area contributed by atoms with E-state index in [1.54, 1.807) is 12.1 Å². The molecular weight excluding hydrogens is 444 g/mol. The zero-order valence-corrected chi connectivity index (χ0v) is 17.9. The summed E-state index contributed by atoms with van der Waals surface area (Å²) in [7, 11) is 0. The molecule has 0 atom stereocenters. The average Bonchev–Trinajstić information content (AvgIpc) is 3.20. The summed E-state index contributed by atoms with van der Waals surface area (Å²) < 4.78 is 2.22.